The highest BCUT2D eigenvalue weighted by atomic mass is 16.5. The third-order valence-corrected chi connectivity index (χ3v) is 3.08. The zero-order valence-electron chi connectivity index (χ0n) is 11.9. The lowest BCUT2D eigenvalue weighted by atomic mass is 9.86. The number of carbonyl (C=O) groups excluding carboxylic acids is 1. The third kappa shape index (κ3) is 3.68. The number of nitrogens with zero attached hydrogens (tertiary/aromatic N) is 1. The standard InChI is InChI=1S/C13H26N2O2/c1-9-7-15(8-13(5,6)17-9)11(16)10(14)12(2,3)4/h9-10H,7-8,14H2,1-6H3/t9?,10-/m1/s1. The van der Waals surface area contributed by atoms with Crippen molar-refractivity contribution >= 4 is 5.91 Å². The molecule has 0 radical (unpaired) electrons. The minimum atomic E-state index is -0.455. The van der Waals surface area contributed by atoms with Gasteiger partial charge >= 0.3 is 0 Å². The summed E-state index contributed by atoms with van der Waals surface area (Å²) < 4.78 is 5.78. The molecule has 4 nitrogen and oxygen atoms in total. The molecule has 0 aromatic heterocycles. The number of amides is 1. The molecule has 1 fully saturated rings. The van der Waals surface area contributed by atoms with Crippen molar-refractivity contribution in [3.63, 3.8) is 0 Å². The Labute approximate surface area is 104 Å². The Hall–Kier alpha value is -0.610. The van der Waals surface area contributed by atoms with Gasteiger partial charge < -0.3 is 15.4 Å². The van der Waals surface area contributed by atoms with Crippen LogP contribution in [-0.2, 0) is 9.53 Å². The van der Waals surface area contributed by atoms with Gasteiger partial charge in [-0.2, -0.15) is 0 Å². The highest BCUT2D eigenvalue weighted by Gasteiger charge is 2.38. The molecule has 1 amide bonds. The van der Waals surface area contributed by atoms with Crippen LogP contribution in [0.2, 0.25) is 0 Å². The number of ether oxygens (including phenoxy) is 1. The molecule has 2 N–H and O–H groups in total. The van der Waals surface area contributed by atoms with Crippen molar-refractivity contribution in [2.75, 3.05) is 13.1 Å². The number of carbonyl (C=O) groups is 1. The van der Waals surface area contributed by atoms with Crippen LogP contribution >= 0.6 is 0 Å². The van der Waals surface area contributed by atoms with Crippen LogP contribution in [0.3, 0.4) is 0 Å². The van der Waals surface area contributed by atoms with Gasteiger partial charge in [0.25, 0.3) is 0 Å². The smallest absolute Gasteiger partial charge is 0.240 e. The Kier molecular flexibility index (Phi) is 3.89. The maximum atomic E-state index is 12.3. The highest BCUT2D eigenvalue weighted by molar-refractivity contribution is 5.82. The largest absolute Gasteiger partial charge is 0.369 e. The molecular formula is C13H26N2O2. The summed E-state index contributed by atoms with van der Waals surface area (Å²) in [6.45, 7) is 13.2. The van der Waals surface area contributed by atoms with Gasteiger partial charge in [0, 0.05) is 13.1 Å². The van der Waals surface area contributed by atoms with Gasteiger partial charge in [-0.1, -0.05) is 20.8 Å². The quantitative estimate of drug-likeness (QED) is 0.756. The van der Waals surface area contributed by atoms with E-state index in [1.165, 1.54) is 0 Å². The van der Waals surface area contributed by atoms with Crippen LogP contribution in [0.1, 0.15) is 41.5 Å². The molecule has 1 aliphatic heterocycles. The molecule has 1 rings (SSSR count). The Morgan fingerprint density at radius 1 is 1.47 bits per heavy atom. The number of hydrogen-bond donors (Lipinski definition) is 1. The van der Waals surface area contributed by atoms with Gasteiger partial charge in [-0.3, -0.25) is 4.79 Å². The number of nitrogens with two attached hydrogens (primary N) is 1. The molecule has 0 bridgehead atoms. The first-order valence-electron chi connectivity index (χ1n) is 6.25. The number of hydrogen-bond acceptors (Lipinski definition) is 3. The molecule has 1 unspecified atom stereocenters. The van der Waals surface area contributed by atoms with E-state index in [1.54, 1.807) is 0 Å². The molecule has 17 heavy (non-hydrogen) atoms. The van der Waals surface area contributed by atoms with Gasteiger partial charge in [-0.05, 0) is 26.2 Å². The third-order valence-electron chi connectivity index (χ3n) is 3.08. The molecular weight excluding hydrogens is 216 g/mol. The SMILES string of the molecule is CC1CN(C(=O)[C@@H](N)C(C)(C)C)CC(C)(C)O1. The Bertz CT molecular complexity index is 294. The van der Waals surface area contributed by atoms with E-state index in [0.29, 0.717) is 13.1 Å². The molecule has 1 heterocycles. The summed E-state index contributed by atoms with van der Waals surface area (Å²) in [5.41, 5.74) is 5.53. The average molecular weight is 242 g/mol. The summed E-state index contributed by atoms with van der Waals surface area (Å²) in [6.07, 6.45) is 0.0647. The first-order chi connectivity index (χ1) is 7.53. The Morgan fingerprint density at radius 2 is 2.00 bits per heavy atom. The maximum Gasteiger partial charge on any atom is 0.240 e. The van der Waals surface area contributed by atoms with Crippen molar-refractivity contribution in [1.82, 2.24) is 4.90 Å². The normalized spacial score (nSPS) is 26.8. The molecule has 0 saturated carbocycles. The van der Waals surface area contributed by atoms with Crippen molar-refractivity contribution in [2.45, 2.75) is 59.3 Å². The fourth-order valence-corrected chi connectivity index (χ4v) is 2.19. The van der Waals surface area contributed by atoms with Crippen LogP contribution in [-0.4, -0.2) is 41.6 Å². The summed E-state index contributed by atoms with van der Waals surface area (Å²) in [5, 5.41) is 0. The van der Waals surface area contributed by atoms with Gasteiger partial charge in [0.15, 0.2) is 0 Å². The summed E-state index contributed by atoms with van der Waals surface area (Å²) in [5.74, 6) is 0.0284. The van der Waals surface area contributed by atoms with Gasteiger partial charge in [-0.25, -0.2) is 0 Å². The zero-order chi connectivity index (χ0) is 13.4. The van der Waals surface area contributed by atoms with E-state index in [9.17, 15) is 4.79 Å². The maximum absolute atomic E-state index is 12.3. The predicted molar refractivity (Wildman–Crippen MR) is 68.6 cm³/mol. The molecule has 0 aliphatic carbocycles. The lowest BCUT2D eigenvalue weighted by Gasteiger charge is -2.43. The van der Waals surface area contributed by atoms with E-state index < -0.39 is 6.04 Å². The van der Waals surface area contributed by atoms with E-state index in [1.807, 2.05) is 46.4 Å². The lowest BCUT2D eigenvalue weighted by molar-refractivity contribution is -0.161. The fourth-order valence-electron chi connectivity index (χ4n) is 2.19. The van der Waals surface area contributed by atoms with Crippen molar-refractivity contribution in [3.05, 3.63) is 0 Å². The van der Waals surface area contributed by atoms with E-state index in [2.05, 4.69) is 0 Å². The van der Waals surface area contributed by atoms with Crippen molar-refractivity contribution in [2.24, 2.45) is 11.1 Å². The van der Waals surface area contributed by atoms with E-state index in [0.717, 1.165) is 0 Å². The van der Waals surface area contributed by atoms with Gasteiger partial charge in [0.2, 0.25) is 5.91 Å². The summed E-state index contributed by atoms with van der Waals surface area (Å²) in [4.78, 5) is 14.2. The van der Waals surface area contributed by atoms with E-state index in [4.69, 9.17) is 10.5 Å². The van der Waals surface area contributed by atoms with Crippen molar-refractivity contribution in [3.8, 4) is 0 Å². The van der Waals surface area contributed by atoms with Gasteiger partial charge in [0.05, 0.1) is 17.7 Å². The molecule has 0 spiro atoms. The molecule has 100 valence electrons. The first kappa shape index (κ1) is 14.5. The van der Waals surface area contributed by atoms with Crippen molar-refractivity contribution in [1.29, 1.82) is 0 Å². The minimum Gasteiger partial charge on any atom is -0.369 e. The Morgan fingerprint density at radius 3 is 2.41 bits per heavy atom. The molecule has 4 heteroatoms. The fraction of sp³-hybridized carbons (Fsp3) is 0.923. The molecule has 0 aromatic carbocycles. The van der Waals surface area contributed by atoms with Crippen LogP contribution in [0.25, 0.3) is 0 Å². The van der Waals surface area contributed by atoms with Crippen LogP contribution in [0.5, 0.6) is 0 Å². The predicted octanol–water partition coefficient (Wildman–Crippen LogP) is 1.39. The summed E-state index contributed by atoms with van der Waals surface area (Å²) in [6, 6.07) is -0.455. The monoisotopic (exact) mass is 242 g/mol. The minimum absolute atomic E-state index is 0.0284. The van der Waals surface area contributed by atoms with Crippen LogP contribution in [0.15, 0.2) is 0 Å². The molecule has 1 saturated heterocycles. The second-order valence-electron chi connectivity index (χ2n) is 6.75. The van der Waals surface area contributed by atoms with Crippen LogP contribution in [0.4, 0.5) is 0 Å². The van der Waals surface area contributed by atoms with E-state index in [-0.39, 0.29) is 23.0 Å². The second-order valence-corrected chi connectivity index (χ2v) is 6.75. The first-order valence-corrected chi connectivity index (χ1v) is 6.25. The topological polar surface area (TPSA) is 55.6 Å². The number of rotatable bonds is 1. The Balaban J connectivity index is 2.76. The highest BCUT2D eigenvalue weighted by Crippen LogP contribution is 2.24. The van der Waals surface area contributed by atoms with Crippen LogP contribution in [0, 0.1) is 5.41 Å². The second kappa shape index (κ2) is 4.58. The van der Waals surface area contributed by atoms with Gasteiger partial charge in [0.1, 0.15) is 0 Å². The molecule has 1 aliphatic rings. The summed E-state index contributed by atoms with van der Waals surface area (Å²) >= 11 is 0. The van der Waals surface area contributed by atoms with Crippen LogP contribution < -0.4 is 5.73 Å². The molecule has 0 aromatic rings. The van der Waals surface area contributed by atoms with E-state index >= 15 is 0 Å². The van der Waals surface area contributed by atoms with Crippen molar-refractivity contribution < 1.29 is 9.53 Å². The van der Waals surface area contributed by atoms with Gasteiger partial charge in [-0.15, -0.1) is 0 Å². The number of morpholine rings is 1. The lowest BCUT2D eigenvalue weighted by Crippen LogP contribution is -2.59. The molecule has 2 atom stereocenters. The zero-order valence-corrected chi connectivity index (χ0v) is 11.9. The average Bonchev–Trinajstić information content (AvgIpc) is 2.10. The summed E-state index contributed by atoms with van der Waals surface area (Å²) in [7, 11) is 0.